The van der Waals surface area contributed by atoms with Gasteiger partial charge < -0.3 is 15.0 Å². The molecule has 1 aromatic heterocycles. The highest BCUT2D eigenvalue weighted by atomic mass is 19.1. The number of rotatable bonds is 4. The highest BCUT2D eigenvalue weighted by Gasteiger charge is 2.21. The average molecular weight is 339 g/mol. The van der Waals surface area contributed by atoms with Gasteiger partial charge in [-0.25, -0.2) is 9.37 Å². The zero-order valence-corrected chi connectivity index (χ0v) is 13.6. The third-order valence-corrected chi connectivity index (χ3v) is 4.30. The Hall–Kier alpha value is -2.73. The molecule has 1 aliphatic rings. The largest absolute Gasteiger partial charge is 0.370 e. The van der Waals surface area contributed by atoms with Crippen LogP contribution in [0.5, 0.6) is 0 Å². The smallest absolute Gasteiger partial charge is 0.228 e. The van der Waals surface area contributed by atoms with Crippen molar-refractivity contribution >= 4 is 22.6 Å². The van der Waals surface area contributed by atoms with E-state index in [1.54, 1.807) is 12.1 Å². The molecule has 1 atom stereocenters. The number of fused-ring (bicyclic) bond motifs is 1. The lowest BCUT2D eigenvalue weighted by Gasteiger charge is -2.05. The van der Waals surface area contributed by atoms with Crippen LogP contribution in [-0.4, -0.2) is 22.5 Å². The number of aromatic amines is 1. The van der Waals surface area contributed by atoms with Crippen LogP contribution in [-0.2, 0) is 16.0 Å². The summed E-state index contributed by atoms with van der Waals surface area (Å²) < 4.78 is 18.6. The van der Waals surface area contributed by atoms with Crippen LogP contribution < -0.4 is 5.32 Å². The molecule has 128 valence electrons. The number of benzene rings is 2. The molecule has 25 heavy (non-hydrogen) atoms. The Balaban J connectivity index is 1.47. The Morgan fingerprint density at radius 1 is 1.28 bits per heavy atom. The summed E-state index contributed by atoms with van der Waals surface area (Å²) in [7, 11) is 0. The van der Waals surface area contributed by atoms with Gasteiger partial charge in [-0.2, -0.15) is 0 Å². The van der Waals surface area contributed by atoms with Crippen molar-refractivity contribution in [1.29, 1.82) is 0 Å². The van der Waals surface area contributed by atoms with Crippen LogP contribution in [0.2, 0.25) is 0 Å². The van der Waals surface area contributed by atoms with Gasteiger partial charge in [0.1, 0.15) is 17.7 Å². The summed E-state index contributed by atoms with van der Waals surface area (Å²) in [5.74, 6) is 0.378. The van der Waals surface area contributed by atoms with E-state index in [1.807, 2.05) is 18.2 Å². The zero-order chi connectivity index (χ0) is 17.2. The first kappa shape index (κ1) is 15.8. The van der Waals surface area contributed by atoms with Crippen LogP contribution >= 0.6 is 0 Å². The van der Waals surface area contributed by atoms with Crippen LogP contribution in [0.4, 0.5) is 10.1 Å². The summed E-state index contributed by atoms with van der Waals surface area (Å²) in [6, 6.07) is 11.5. The summed E-state index contributed by atoms with van der Waals surface area (Å²) in [4.78, 5) is 20.0. The number of halogens is 1. The Kier molecular flexibility index (Phi) is 4.19. The second-order valence-corrected chi connectivity index (χ2v) is 6.21. The van der Waals surface area contributed by atoms with E-state index in [1.165, 1.54) is 12.1 Å². The molecule has 4 rings (SSSR count). The van der Waals surface area contributed by atoms with E-state index >= 15 is 0 Å². The Morgan fingerprint density at radius 3 is 2.88 bits per heavy atom. The monoisotopic (exact) mass is 339 g/mol. The maximum atomic E-state index is 12.9. The zero-order valence-electron chi connectivity index (χ0n) is 13.6. The molecule has 0 bridgehead atoms. The molecule has 5 nitrogen and oxygen atoms in total. The van der Waals surface area contributed by atoms with Crippen molar-refractivity contribution in [3.8, 4) is 0 Å². The van der Waals surface area contributed by atoms with Crippen molar-refractivity contribution in [3.05, 3.63) is 59.7 Å². The average Bonchev–Trinajstić information content (AvgIpc) is 3.25. The van der Waals surface area contributed by atoms with E-state index in [2.05, 4.69) is 15.3 Å². The van der Waals surface area contributed by atoms with E-state index in [0.717, 1.165) is 41.9 Å². The Bertz CT molecular complexity index is 899. The minimum atomic E-state index is -0.309. The van der Waals surface area contributed by atoms with Gasteiger partial charge in [0.15, 0.2) is 0 Å². The molecule has 2 aromatic carbocycles. The number of nitrogens with one attached hydrogen (secondary N) is 2. The van der Waals surface area contributed by atoms with E-state index in [4.69, 9.17) is 4.74 Å². The maximum absolute atomic E-state index is 12.9. The highest BCUT2D eigenvalue weighted by molar-refractivity contribution is 5.94. The molecule has 0 saturated carbocycles. The van der Waals surface area contributed by atoms with Crippen LogP contribution in [0.1, 0.15) is 30.3 Å². The number of ether oxygens (including phenoxy) is 1. The highest BCUT2D eigenvalue weighted by Crippen LogP contribution is 2.28. The number of hydrogen-bond donors (Lipinski definition) is 2. The van der Waals surface area contributed by atoms with Gasteiger partial charge in [0.2, 0.25) is 5.91 Å². The number of hydrogen-bond acceptors (Lipinski definition) is 3. The normalized spacial score (nSPS) is 17.1. The van der Waals surface area contributed by atoms with Crippen molar-refractivity contribution < 1.29 is 13.9 Å². The van der Waals surface area contributed by atoms with Crippen LogP contribution in [0.3, 0.4) is 0 Å². The molecular weight excluding hydrogens is 321 g/mol. The third-order valence-electron chi connectivity index (χ3n) is 4.30. The van der Waals surface area contributed by atoms with Gasteiger partial charge >= 0.3 is 0 Å². The fourth-order valence-corrected chi connectivity index (χ4v) is 3.05. The molecule has 0 spiro atoms. The topological polar surface area (TPSA) is 67.0 Å². The molecule has 1 aliphatic heterocycles. The van der Waals surface area contributed by atoms with Gasteiger partial charge in [-0.3, -0.25) is 4.79 Å². The van der Waals surface area contributed by atoms with E-state index in [-0.39, 0.29) is 24.2 Å². The summed E-state index contributed by atoms with van der Waals surface area (Å²) >= 11 is 0. The Labute approximate surface area is 144 Å². The molecule has 6 heteroatoms. The molecule has 1 saturated heterocycles. The summed E-state index contributed by atoms with van der Waals surface area (Å²) in [5, 5.41) is 2.86. The SMILES string of the molecule is O=C(Cc1ccc(F)cc1)Nc1ccc2nc(C3CCCO3)[nH]c2c1. The number of H-pyrrole nitrogens is 1. The lowest BCUT2D eigenvalue weighted by molar-refractivity contribution is -0.115. The summed E-state index contributed by atoms with van der Waals surface area (Å²) in [6.45, 7) is 0.770. The number of anilines is 1. The van der Waals surface area contributed by atoms with Crippen LogP contribution in [0, 0.1) is 5.82 Å². The predicted molar refractivity (Wildman–Crippen MR) is 92.8 cm³/mol. The van der Waals surface area contributed by atoms with Crippen LogP contribution in [0.15, 0.2) is 42.5 Å². The minimum absolute atomic E-state index is 0.0314. The summed E-state index contributed by atoms with van der Waals surface area (Å²) in [6.07, 6.45) is 2.25. The first-order chi connectivity index (χ1) is 12.2. The van der Waals surface area contributed by atoms with Gasteiger partial charge in [-0.05, 0) is 48.7 Å². The standard InChI is InChI=1S/C19H18FN3O2/c20-13-5-3-12(4-6-13)10-18(24)21-14-7-8-15-16(11-14)23-19(22-15)17-2-1-9-25-17/h3-8,11,17H,1-2,9-10H2,(H,21,24)(H,22,23). The van der Waals surface area contributed by atoms with E-state index in [9.17, 15) is 9.18 Å². The molecular formula is C19H18FN3O2. The number of carbonyl (C=O) groups excluding carboxylic acids is 1. The maximum Gasteiger partial charge on any atom is 0.228 e. The fourth-order valence-electron chi connectivity index (χ4n) is 3.05. The minimum Gasteiger partial charge on any atom is -0.370 e. The second kappa shape index (κ2) is 6.64. The van der Waals surface area contributed by atoms with Gasteiger partial charge in [-0.1, -0.05) is 12.1 Å². The third kappa shape index (κ3) is 3.53. The number of nitrogens with zero attached hydrogens (tertiary/aromatic N) is 1. The Morgan fingerprint density at radius 2 is 2.12 bits per heavy atom. The first-order valence-electron chi connectivity index (χ1n) is 8.33. The van der Waals surface area contributed by atoms with Crippen LogP contribution in [0.25, 0.3) is 11.0 Å². The van der Waals surface area contributed by atoms with Gasteiger partial charge in [0.05, 0.1) is 17.5 Å². The van der Waals surface area contributed by atoms with E-state index < -0.39 is 0 Å². The molecule has 1 fully saturated rings. The van der Waals surface area contributed by atoms with Crippen molar-refractivity contribution in [2.75, 3.05) is 11.9 Å². The lowest BCUT2D eigenvalue weighted by Crippen LogP contribution is -2.14. The first-order valence-corrected chi connectivity index (χ1v) is 8.33. The number of aromatic nitrogens is 2. The van der Waals surface area contributed by atoms with Gasteiger partial charge in [0, 0.05) is 12.3 Å². The van der Waals surface area contributed by atoms with Crippen molar-refractivity contribution in [1.82, 2.24) is 9.97 Å². The predicted octanol–water partition coefficient (Wildman–Crippen LogP) is 3.73. The quantitative estimate of drug-likeness (QED) is 0.761. The van der Waals surface area contributed by atoms with Crippen molar-refractivity contribution in [2.24, 2.45) is 0 Å². The van der Waals surface area contributed by atoms with Crippen molar-refractivity contribution in [2.45, 2.75) is 25.4 Å². The molecule has 1 unspecified atom stereocenters. The molecule has 2 heterocycles. The molecule has 0 radical (unpaired) electrons. The fraction of sp³-hybridized carbons (Fsp3) is 0.263. The van der Waals surface area contributed by atoms with E-state index in [0.29, 0.717) is 5.69 Å². The number of imidazole rings is 1. The van der Waals surface area contributed by atoms with Crippen molar-refractivity contribution in [3.63, 3.8) is 0 Å². The lowest BCUT2D eigenvalue weighted by atomic mass is 10.1. The molecule has 3 aromatic rings. The molecule has 0 aliphatic carbocycles. The summed E-state index contributed by atoms with van der Waals surface area (Å²) in [5.41, 5.74) is 3.18. The second-order valence-electron chi connectivity index (χ2n) is 6.21. The molecule has 1 amide bonds. The number of carbonyl (C=O) groups is 1. The number of amides is 1. The molecule has 2 N–H and O–H groups in total. The van der Waals surface area contributed by atoms with Gasteiger partial charge in [-0.15, -0.1) is 0 Å². The van der Waals surface area contributed by atoms with Gasteiger partial charge in [0.25, 0.3) is 0 Å².